The number of aryl methyl sites for hydroxylation is 1. The van der Waals surface area contributed by atoms with Crippen LogP contribution in [0.3, 0.4) is 0 Å². The second-order valence-electron chi connectivity index (χ2n) is 10.9. The van der Waals surface area contributed by atoms with Gasteiger partial charge in [-0.3, -0.25) is 14.5 Å². The topological polar surface area (TPSA) is 102 Å². The highest BCUT2D eigenvalue weighted by Gasteiger charge is 2.34. The van der Waals surface area contributed by atoms with E-state index in [-0.39, 0.29) is 30.2 Å². The lowest BCUT2D eigenvalue weighted by Gasteiger charge is -2.32. The van der Waals surface area contributed by atoms with Crippen LogP contribution in [0.4, 0.5) is 10.1 Å². The summed E-state index contributed by atoms with van der Waals surface area (Å²) in [5, 5.41) is 15.5. The number of tetrazole rings is 1. The van der Waals surface area contributed by atoms with Crippen LogP contribution >= 0.6 is 0 Å². The van der Waals surface area contributed by atoms with Gasteiger partial charge in [0.25, 0.3) is 5.91 Å². The minimum atomic E-state index is -0.954. The second kappa shape index (κ2) is 13.0. The zero-order valence-electron chi connectivity index (χ0n) is 24.0. The third-order valence-electron chi connectivity index (χ3n) is 7.37. The number of benzene rings is 3. The Balaban J connectivity index is 1.49. The van der Waals surface area contributed by atoms with Crippen molar-refractivity contribution < 1.29 is 18.7 Å². The number of nitrogens with zero attached hydrogens (tertiary/aromatic N) is 5. The van der Waals surface area contributed by atoms with E-state index in [9.17, 15) is 14.0 Å². The molecule has 1 N–H and O–H groups in total. The highest BCUT2D eigenvalue weighted by atomic mass is 19.1. The third kappa shape index (κ3) is 6.88. The van der Waals surface area contributed by atoms with Gasteiger partial charge in [-0.2, -0.15) is 4.80 Å². The molecule has 3 aromatic carbocycles. The molecule has 0 unspecified atom stereocenters. The maximum absolute atomic E-state index is 14.1. The molecule has 2 amide bonds. The van der Waals surface area contributed by atoms with Gasteiger partial charge in [-0.1, -0.05) is 55.8 Å². The molecule has 2 atom stereocenters. The van der Waals surface area contributed by atoms with E-state index < -0.39 is 11.9 Å². The molecule has 5 rings (SSSR count). The molecule has 4 aromatic rings. The average molecular weight is 571 g/mol. The van der Waals surface area contributed by atoms with Crippen molar-refractivity contribution in [1.82, 2.24) is 25.5 Å². The van der Waals surface area contributed by atoms with E-state index in [2.05, 4.69) is 34.6 Å². The van der Waals surface area contributed by atoms with Crippen molar-refractivity contribution in [3.05, 3.63) is 95.3 Å². The van der Waals surface area contributed by atoms with Crippen LogP contribution in [-0.2, 0) is 20.9 Å². The van der Waals surface area contributed by atoms with Crippen LogP contribution in [0, 0.1) is 12.7 Å². The van der Waals surface area contributed by atoms with E-state index >= 15 is 0 Å². The third-order valence-corrected chi connectivity index (χ3v) is 7.37. The Morgan fingerprint density at radius 3 is 2.36 bits per heavy atom. The second-order valence-corrected chi connectivity index (χ2v) is 10.9. The minimum absolute atomic E-state index is 0.0497. The lowest BCUT2D eigenvalue weighted by atomic mass is 9.99. The molecule has 218 valence electrons. The van der Waals surface area contributed by atoms with Crippen molar-refractivity contribution in [3.8, 4) is 11.4 Å². The highest BCUT2D eigenvalue weighted by molar-refractivity contribution is 6.01. The Kier molecular flexibility index (Phi) is 9.02. The zero-order chi connectivity index (χ0) is 29.6. The van der Waals surface area contributed by atoms with Crippen LogP contribution in [0.5, 0.6) is 0 Å². The Bertz CT molecular complexity index is 1500. The summed E-state index contributed by atoms with van der Waals surface area (Å²) in [5.41, 5.74) is 3.97. The molecule has 1 fully saturated rings. The Hall–Kier alpha value is -4.44. The first kappa shape index (κ1) is 29.1. The fraction of sp³-hybridized carbons (Fsp3) is 0.344. The lowest BCUT2D eigenvalue weighted by Crippen LogP contribution is -2.46. The summed E-state index contributed by atoms with van der Waals surface area (Å²) in [7, 11) is 0. The number of rotatable bonds is 10. The smallest absolute Gasteiger partial charge is 0.251 e. The van der Waals surface area contributed by atoms with Gasteiger partial charge in [-0.25, -0.2) is 4.39 Å². The van der Waals surface area contributed by atoms with Gasteiger partial charge in [0, 0.05) is 24.4 Å². The summed E-state index contributed by atoms with van der Waals surface area (Å²) >= 11 is 0. The first-order chi connectivity index (χ1) is 20.3. The monoisotopic (exact) mass is 570 g/mol. The van der Waals surface area contributed by atoms with Crippen LogP contribution in [0.1, 0.15) is 55.3 Å². The Labute approximate surface area is 244 Å². The molecule has 0 spiro atoms. The van der Waals surface area contributed by atoms with Crippen LogP contribution in [0.25, 0.3) is 11.4 Å². The molecule has 1 aromatic heterocycles. The number of hydrogen-bond donors (Lipinski definition) is 1. The van der Waals surface area contributed by atoms with E-state index in [0.29, 0.717) is 35.9 Å². The van der Waals surface area contributed by atoms with E-state index in [0.717, 1.165) is 24.0 Å². The number of halogens is 1. The summed E-state index contributed by atoms with van der Waals surface area (Å²) in [6, 6.07) is 20.0. The molecule has 0 radical (unpaired) electrons. The van der Waals surface area contributed by atoms with Crippen molar-refractivity contribution in [2.24, 2.45) is 0 Å². The highest BCUT2D eigenvalue weighted by Crippen LogP contribution is 2.30. The van der Waals surface area contributed by atoms with Crippen LogP contribution in [-0.4, -0.2) is 51.3 Å². The number of nitrogens with one attached hydrogen (secondary N) is 1. The first-order valence-electron chi connectivity index (χ1n) is 14.2. The summed E-state index contributed by atoms with van der Waals surface area (Å²) in [6.07, 6.45) is 1.79. The zero-order valence-corrected chi connectivity index (χ0v) is 24.0. The van der Waals surface area contributed by atoms with Crippen molar-refractivity contribution >= 4 is 17.5 Å². The van der Waals surface area contributed by atoms with Gasteiger partial charge in [-0.15, -0.1) is 10.2 Å². The number of hydrogen-bond acceptors (Lipinski definition) is 6. The predicted octanol–water partition coefficient (Wildman–Crippen LogP) is 4.98. The summed E-state index contributed by atoms with van der Waals surface area (Å²) in [4.78, 5) is 30.7. The summed E-state index contributed by atoms with van der Waals surface area (Å²) in [5.74, 6) is -0.516. The van der Waals surface area contributed by atoms with Gasteiger partial charge >= 0.3 is 0 Å². The number of anilines is 1. The Morgan fingerprint density at radius 2 is 1.71 bits per heavy atom. The largest absolute Gasteiger partial charge is 0.376 e. The summed E-state index contributed by atoms with van der Waals surface area (Å²) < 4.78 is 19.1. The standard InChI is InChI=1S/C32H35FN6O3/c1-21(2)23-12-16-27(17-13-23)39(29(40)20-38-36-31(35-37-38)25-10-14-26(33)15-11-25)30(24-8-6-22(3)7-9-24)32(41)34-19-28-5-4-18-42-28/h6-17,21,28,30H,4-5,18-20H2,1-3H3,(H,34,41)/t28-,30+/m0/s1. The molecule has 0 saturated carbocycles. The van der Waals surface area contributed by atoms with Crippen molar-refractivity contribution in [3.63, 3.8) is 0 Å². The molecule has 10 heteroatoms. The number of amides is 2. The van der Waals surface area contributed by atoms with Crippen LogP contribution in [0.2, 0.25) is 0 Å². The van der Waals surface area contributed by atoms with Crippen molar-refractivity contribution in [1.29, 1.82) is 0 Å². The normalized spacial score (nSPS) is 15.5. The van der Waals surface area contributed by atoms with Crippen LogP contribution < -0.4 is 10.2 Å². The van der Waals surface area contributed by atoms with E-state index in [1.807, 2.05) is 55.5 Å². The quantitative estimate of drug-likeness (QED) is 0.289. The van der Waals surface area contributed by atoms with Gasteiger partial charge < -0.3 is 10.1 Å². The SMILES string of the molecule is Cc1ccc([C@H](C(=O)NC[C@@H]2CCCO2)N(C(=O)Cn2nnc(-c3ccc(F)cc3)n2)c2ccc(C(C)C)cc2)cc1. The molecule has 2 heterocycles. The fourth-order valence-electron chi connectivity index (χ4n) is 4.96. The van der Waals surface area contributed by atoms with E-state index in [1.54, 1.807) is 12.1 Å². The molecule has 0 aliphatic carbocycles. The molecule has 0 bridgehead atoms. The minimum Gasteiger partial charge on any atom is -0.376 e. The van der Waals surface area contributed by atoms with Gasteiger partial charge in [-0.05, 0) is 78.4 Å². The molecule has 9 nitrogen and oxygen atoms in total. The fourth-order valence-corrected chi connectivity index (χ4v) is 4.96. The number of aromatic nitrogens is 4. The first-order valence-corrected chi connectivity index (χ1v) is 14.2. The molecule has 1 aliphatic rings. The lowest BCUT2D eigenvalue weighted by molar-refractivity contribution is -0.127. The maximum atomic E-state index is 14.1. The number of carbonyl (C=O) groups excluding carboxylic acids is 2. The maximum Gasteiger partial charge on any atom is 0.251 e. The van der Waals surface area contributed by atoms with Gasteiger partial charge in [0.05, 0.1) is 6.10 Å². The number of ether oxygens (including phenoxy) is 1. The van der Waals surface area contributed by atoms with Crippen LogP contribution in [0.15, 0.2) is 72.8 Å². The van der Waals surface area contributed by atoms with E-state index in [4.69, 9.17) is 4.74 Å². The molecule has 1 saturated heterocycles. The molecular formula is C32H35FN6O3. The predicted molar refractivity (Wildman–Crippen MR) is 157 cm³/mol. The van der Waals surface area contributed by atoms with Crippen molar-refractivity contribution in [2.75, 3.05) is 18.1 Å². The molecule has 1 aliphatic heterocycles. The van der Waals surface area contributed by atoms with Gasteiger partial charge in [0.2, 0.25) is 11.7 Å². The van der Waals surface area contributed by atoms with E-state index in [1.165, 1.54) is 21.8 Å². The summed E-state index contributed by atoms with van der Waals surface area (Å²) in [6.45, 7) is 6.95. The van der Waals surface area contributed by atoms with Gasteiger partial charge in [0.15, 0.2) is 0 Å². The van der Waals surface area contributed by atoms with Gasteiger partial charge in [0.1, 0.15) is 18.4 Å². The van der Waals surface area contributed by atoms with Crippen molar-refractivity contribution in [2.45, 2.75) is 58.2 Å². The Morgan fingerprint density at radius 1 is 1.02 bits per heavy atom. The number of carbonyl (C=O) groups is 2. The molecular weight excluding hydrogens is 535 g/mol. The average Bonchev–Trinajstić information content (AvgIpc) is 3.68. The molecule has 42 heavy (non-hydrogen) atoms.